The van der Waals surface area contributed by atoms with Crippen LogP contribution in [0, 0.1) is 0 Å². The van der Waals surface area contributed by atoms with E-state index in [2.05, 4.69) is 31.4 Å². The highest BCUT2D eigenvalue weighted by Crippen LogP contribution is 2.19. The van der Waals surface area contributed by atoms with Gasteiger partial charge in [0.05, 0.1) is 12.0 Å². The van der Waals surface area contributed by atoms with E-state index >= 15 is 0 Å². The molecular formula is C17H14BrN3O2S. The summed E-state index contributed by atoms with van der Waals surface area (Å²) in [7, 11) is 0. The molecule has 1 aliphatic heterocycles. The largest absolute Gasteiger partial charge is 0.488 e. The van der Waals surface area contributed by atoms with Crippen LogP contribution in [0.4, 0.5) is 0 Å². The summed E-state index contributed by atoms with van der Waals surface area (Å²) in [5.41, 5.74) is 1.91. The molecular weight excluding hydrogens is 390 g/mol. The molecule has 24 heavy (non-hydrogen) atoms. The van der Waals surface area contributed by atoms with Crippen LogP contribution in [0.1, 0.15) is 11.1 Å². The molecule has 0 bridgehead atoms. The number of rotatable bonds is 5. The number of ether oxygens (including phenoxy) is 1. The van der Waals surface area contributed by atoms with Crippen molar-refractivity contribution in [3.05, 3.63) is 64.1 Å². The topological polar surface area (TPSA) is 63.0 Å². The molecule has 122 valence electrons. The number of nitrogens with one attached hydrogen (secondary N) is 1. The van der Waals surface area contributed by atoms with Gasteiger partial charge in [0.1, 0.15) is 12.4 Å². The zero-order valence-corrected chi connectivity index (χ0v) is 15.0. The van der Waals surface area contributed by atoms with Crippen molar-refractivity contribution >= 4 is 45.0 Å². The van der Waals surface area contributed by atoms with Crippen LogP contribution in [0.2, 0.25) is 0 Å². The number of carbonyl (C=O) groups is 1. The molecule has 0 saturated carbocycles. The summed E-state index contributed by atoms with van der Waals surface area (Å²) < 4.78 is 6.91. The minimum Gasteiger partial charge on any atom is -0.488 e. The van der Waals surface area contributed by atoms with Gasteiger partial charge in [0.15, 0.2) is 5.17 Å². The van der Waals surface area contributed by atoms with Gasteiger partial charge in [-0.3, -0.25) is 4.79 Å². The molecule has 1 N–H and O–H groups in total. The highest BCUT2D eigenvalue weighted by Gasteiger charge is 2.15. The van der Waals surface area contributed by atoms with Gasteiger partial charge in [-0.15, -0.1) is 5.10 Å². The number of nitrogens with zero attached hydrogens (tertiary/aromatic N) is 2. The maximum Gasteiger partial charge on any atom is 0.236 e. The Morgan fingerprint density at radius 2 is 2.00 bits per heavy atom. The predicted octanol–water partition coefficient (Wildman–Crippen LogP) is 3.58. The Morgan fingerprint density at radius 3 is 2.75 bits per heavy atom. The molecule has 0 aromatic heterocycles. The molecule has 1 heterocycles. The lowest BCUT2D eigenvalue weighted by molar-refractivity contribution is -0.116. The third-order valence-corrected chi connectivity index (χ3v) is 4.55. The lowest BCUT2D eigenvalue weighted by Crippen LogP contribution is -2.19. The summed E-state index contributed by atoms with van der Waals surface area (Å²) in [6.07, 6.45) is 1.62. The monoisotopic (exact) mass is 403 g/mol. The second-order valence-corrected chi connectivity index (χ2v) is 6.82. The van der Waals surface area contributed by atoms with Crippen molar-refractivity contribution in [2.45, 2.75) is 6.61 Å². The van der Waals surface area contributed by atoms with E-state index in [4.69, 9.17) is 4.74 Å². The lowest BCUT2D eigenvalue weighted by Gasteiger charge is -2.08. The smallest absolute Gasteiger partial charge is 0.236 e. The van der Waals surface area contributed by atoms with Gasteiger partial charge in [-0.05, 0) is 29.8 Å². The van der Waals surface area contributed by atoms with Gasteiger partial charge in [-0.1, -0.05) is 52.0 Å². The van der Waals surface area contributed by atoms with Crippen LogP contribution < -0.4 is 10.1 Å². The Morgan fingerprint density at radius 1 is 1.21 bits per heavy atom. The fraction of sp³-hybridized carbons (Fsp3) is 0.118. The highest BCUT2D eigenvalue weighted by atomic mass is 79.9. The van der Waals surface area contributed by atoms with Crippen molar-refractivity contribution in [2.24, 2.45) is 10.2 Å². The molecule has 1 saturated heterocycles. The van der Waals surface area contributed by atoms with E-state index in [0.717, 1.165) is 21.3 Å². The Labute approximate surface area is 152 Å². The number of halogens is 1. The molecule has 2 aromatic rings. The summed E-state index contributed by atoms with van der Waals surface area (Å²) in [6, 6.07) is 15.6. The standard InChI is InChI=1S/C17H14BrN3O2S/c18-14-7-5-12(6-8-14)10-23-15-4-2-1-3-13(15)9-19-21-17-20-16(22)11-24-17/h1-9H,10-11H2,(H,20,21,22). The first-order valence-electron chi connectivity index (χ1n) is 7.21. The third-order valence-electron chi connectivity index (χ3n) is 3.16. The van der Waals surface area contributed by atoms with E-state index in [1.165, 1.54) is 11.8 Å². The Hall–Kier alpha value is -2.12. The summed E-state index contributed by atoms with van der Waals surface area (Å²) >= 11 is 4.75. The van der Waals surface area contributed by atoms with Crippen molar-refractivity contribution in [1.29, 1.82) is 0 Å². The summed E-state index contributed by atoms with van der Waals surface area (Å²) in [4.78, 5) is 11.1. The quantitative estimate of drug-likeness (QED) is 0.612. The van der Waals surface area contributed by atoms with Crippen molar-refractivity contribution in [3.8, 4) is 5.75 Å². The average Bonchev–Trinajstić information content (AvgIpc) is 3.01. The number of thioether (sulfide) groups is 1. The molecule has 2 aromatic carbocycles. The van der Waals surface area contributed by atoms with Crippen LogP contribution in [0.25, 0.3) is 0 Å². The summed E-state index contributed by atoms with van der Waals surface area (Å²) in [5.74, 6) is 1.07. The maximum absolute atomic E-state index is 11.1. The number of amides is 1. The normalized spacial score (nSPS) is 15.9. The van der Waals surface area contributed by atoms with E-state index < -0.39 is 0 Å². The molecule has 0 atom stereocenters. The zero-order chi connectivity index (χ0) is 16.8. The van der Waals surface area contributed by atoms with Crippen LogP contribution in [-0.4, -0.2) is 23.0 Å². The van der Waals surface area contributed by atoms with Crippen molar-refractivity contribution in [2.75, 3.05) is 5.75 Å². The number of amidine groups is 1. The number of hydrogen-bond donors (Lipinski definition) is 1. The minimum absolute atomic E-state index is 0.0489. The molecule has 0 radical (unpaired) electrons. The van der Waals surface area contributed by atoms with E-state index in [-0.39, 0.29) is 5.91 Å². The Bertz CT molecular complexity index is 791. The molecule has 3 rings (SSSR count). The van der Waals surface area contributed by atoms with Gasteiger partial charge in [-0.2, -0.15) is 5.10 Å². The van der Waals surface area contributed by atoms with Crippen LogP contribution >= 0.6 is 27.7 Å². The molecule has 0 aliphatic carbocycles. The van der Waals surface area contributed by atoms with Gasteiger partial charge in [0.2, 0.25) is 5.91 Å². The lowest BCUT2D eigenvalue weighted by atomic mass is 10.2. The summed E-state index contributed by atoms with van der Waals surface area (Å²) in [6.45, 7) is 0.471. The van der Waals surface area contributed by atoms with Gasteiger partial charge < -0.3 is 10.1 Å². The first-order chi connectivity index (χ1) is 11.7. The number of hydrogen-bond acceptors (Lipinski definition) is 5. The van der Waals surface area contributed by atoms with Crippen molar-refractivity contribution in [1.82, 2.24) is 5.32 Å². The molecule has 0 spiro atoms. The second-order valence-electron chi connectivity index (χ2n) is 4.94. The number of para-hydroxylation sites is 1. The minimum atomic E-state index is -0.0489. The molecule has 1 amide bonds. The zero-order valence-electron chi connectivity index (χ0n) is 12.6. The van der Waals surface area contributed by atoms with Crippen LogP contribution in [0.5, 0.6) is 5.75 Å². The first-order valence-corrected chi connectivity index (χ1v) is 8.98. The fourth-order valence-corrected chi connectivity index (χ4v) is 2.88. The van der Waals surface area contributed by atoms with Gasteiger partial charge in [0, 0.05) is 10.0 Å². The number of benzene rings is 2. The Balaban J connectivity index is 1.66. The number of carbonyl (C=O) groups excluding carboxylic acids is 1. The van der Waals surface area contributed by atoms with Crippen LogP contribution in [0.3, 0.4) is 0 Å². The van der Waals surface area contributed by atoms with Gasteiger partial charge >= 0.3 is 0 Å². The highest BCUT2D eigenvalue weighted by molar-refractivity contribution is 9.10. The third kappa shape index (κ3) is 4.69. The predicted molar refractivity (Wildman–Crippen MR) is 101 cm³/mol. The van der Waals surface area contributed by atoms with E-state index in [1.54, 1.807) is 6.21 Å². The first kappa shape index (κ1) is 16.7. The molecule has 1 aliphatic rings. The van der Waals surface area contributed by atoms with E-state index in [0.29, 0.717) is 17.5 Å². The van der Waals surface area contributed by atoms with Crippen molar-refractivity contribution in [3.63, 3.8) is 0 Å². The van der Waals surface area contributed by atoms with Crippen LogP contribution in [0.15, 0.2) is 63.2 Å². The van der Waals surface area contributed by atoms with Gasteiger partial charge in [-0.25, -0.2) is 0 Å². The second kappa shape index (κ2) is 8.12. The van der Waals surface area contributed by atoms with E-state index in [1.807, 2.05) is 48.5 Å². The molecule has 0 unspecified atom stereocenters. The van der Waals surface area contributed by atoms with Crippen LogP contribution in [-0.2, 0) is 11.4 Å². The maximum atomic E-state index is 11.1. The molecule has 7 heteroatoms. The molecule has 5 nitrogen and oxygen atoms in total. The summed E-state index contributed by atoms with van der Waals surface area (Å²) in [5, 5.41) is 11.2. The average molecular weight is 404 g/mol. The molecule has 1 fully saturated rings. The van der Waals surface area contributed by atoms with Crippen molar-refractivity contribution < 1.29 is 9.53 Å². The fourth-order valence-electron chi connectivity index (χ4n) is 1.98. The Kier molecular flexibility index (Phi) is 5.66. The van der Waals surface area contributed by atoms with E-state index in [9.17, 15) is 4.79 Å². The van der Waals surface area contributed by atoms with Gasteiger partial charge in [0.25, 0.3) is 0 Å². The SMILES string of the molecule is O=C1CSC(=NN=Cc2ccccc2OCc2ccc(Br)cc2)N1.